The first-order chi connectivity index (χ1) is 11.3. The molecule has 0 saturated heterocycles. The molecule has 0 unspecified atom stereocenters. The first-order valence-corrected chi connectivity index (χ1v) is 9.17. The standard InChI is InChI=1S/C18H21NO4S/c1-4-18(20)19-14-8-7-9-15(12-14)24(21,22)23-17-11-6-5-10-16(17)13(2)3/h5-13H,4H2,1-3H3,(H,19,20). The highest BCUT2D eigenvalue weighted by atomic mass is 32.2. The number of hydrogen-bond acceptors (Lipinski definition) is 4. The molecule has 1 N–H and O–H groups in total. The van der Waals surface area contributed by atoms with Crippen molar-refractivity contribution in [3.8, 4) is 5.75 Å². The van der Waals surface area contributed by atoms with Gasteiger partial charge in [-0.1, -0.05) is 45.0 Å². The summed E-state index contributed by atoms with van der Waals surface area (Å²) in [6, 6.07) is 13.1. The first-order valence-electron chi connectivity index (χ1n) is 7.77. The number of para-hydroxylation sites is 1. The molecule has 0 saturated carbocycles. The van der Waals surface area contributed by atoms with Crippen molar-refractivity contribution in [2.75, 3.05) is 5.32 Å². The van der Waals surface area contributed by atoms with E-state index in [-0.39, 0.29) is 16.7 Å². The summed E-state index contributed by atoms with van der Waals surface area (Å²) in [5, 5.41) is 2.64. The first kappa shape index (κ1) is 18.0. The number of benzene rings is 2. The highest BCUT2D eigenvalue weighted by Gasteiger charge is 2.20. The second kappa shape index (κ2) is 7.49. The van der Waals surface area contributed by atoms with Crippen molar-refractivity contribution in [3.63, 3.8) is 0 Å². The molecule has 0 spiro atoms. The number of carbonyl (C=O) groups is 1. The fourth-order valence-corrected chi connectivity index (χ4v) is 3.18. The zero-order valence-corrected chi connectivity index (χ0v) is 14.8. The Morgan fingerprint density at radius 2 is 1.83 bits per heavy atom. The molecular formula is C18H21NO4S. The number of nitrogens with one attached hydrogen (secondary N) is 1. The molecule has 6 heteroatoms. The Morgan fingerprint density at radius 3 is 2.50 bits per heavy atom. The Balaban J connectivity index is 2.31. The van der Waals surface area contributed by atoms with Crippen LogP contribution in [-0.4, -0.2) is 14.3 Å². The molecule has 2 aromatic carbocycles. The van der Waals surface area contributed by atoms with Crippen LogP contribution >= 0.6 is 0 Å². The molecule has 2 aromatic rings. The normalized spacial score (nSPS) is 11.3. The molecule has 0 bridgehead atoms. The van der Waals surface area contributed by atoms with Gasteiger partial charge in [0.2, 0.25) is 5.91 Å². The Morgan fingerprint density at radius 1 is 1.12 bits per heavy atom. The lowest BCUT2D eigenvalue weighted by Gasteiger charge is -2.14. The summed E-state index contributed by atoms with van der Waals surface area (Å²) in [5.74, 6) is 0.262. The lowest BCUT2D eigenvalue weighted by atomic mass is 10.0. The highest BCUT2D eigenvalue weighted by molar-refractivity contribution is 7.87. The van der Waals surface area contributed by atoms with Crippen LogP contribution in [0, 0.1) is 0 Å². The van der Waals surface area contributed by atoms with Gasteiger partial charge in [-0.05, 0) is 35.7 Å². The minimum Gasteiger partial charge on any atom is -0.379 e. The van der Waals surface area contributed by atoms with Gasteiger partial charge in [-0.3, -0.25) is 4.79 Å². The van der Waals surface area contributed by atoms with Gasteiger partial charge in [-0.15, -0.1) is 0 Å². The largest absolute Gasteiger partial charge is 0.379 e. The third kappa shape index (κ3) is 4.35. The minimum atomic E-state index is -3.99. The van der Waals surface area contributed by atoms with E-state index in [4.69, 9.17) is 4.18 Å². The van der Waals surface area contributed by atoms with Crippen LogP contribution < -0.4 is 9.50 Å². The van der Waals surface area contributed by atoms with Gasteiger partial charge in [-0.25, -0.2) is 0 Å². The summed E-state index contributed by atoms with van der Waals surface area (Å²) in [4.78, 5) is 11.5. The Kier molecular flexibility index (Phi) is 5.62. The number of hydrogen-bond donors (Lipinski definition) is 1. The molecule has 5 nitrogen and oxygen atoms in total. The summed E-state index contributed by atoms with van der Waals surface area (Å²) in [5.41, 5.74) is 1.24. The smallest absolute Gasteiger partial charge is 0.339 e. The van der Waals surface area contributed by atoms with Gasteiger partial charge in [0.05, 0.1) is 0 Å². The molecule has 1 amide bonds. The molecule has 0 atom stereocenters. The third-order valence-corrected chi connectivity index (χ3v) is 4.70. The van der Waals surface area contributed by atoms with Crippen molar-refractivity contribution in [1.82, 2.24) is 0 Å². The molecule has 128 valence electrons. The van der Waals surface area contributed by atoms with Gasteiger partial charge in [0.15, 0.2) is 0 Å². The summed E-state index contributed by atoms with van der Waals surface area (Å²) in [7, 11) is -3.99. The Bertz CT molecular complexity index is 828. The predicted octanol–water partition coefficient (Wildman–Crippen LogP) is 3.93. The summed E-state index contributed by atoms with van der Waals surface area (Å²) in [6.07, 6.45) is 0.315. The Labute approximate surface area is 142 Å². The molecule has 0 aliphatic rings. The van der Waals surface area contributed by atoms with Crippen LogP contribution in [-0.2, 0) is 14.9 Å². The Hall–Kier alpha value is -2.34. The molecule has 24 heavy (non-hydrogen) atoms. The van der Waals surface area contributed by atoms with E-state index in [9.17, 15) is 13.2 Å². The van der Waals surface area contributed by atoms with E-state index in [0.717, 1.165) is 5.56 Å². The monoisotopic (exact) mass is 347 g/mol. The number of carbonyl (C=O) groups excluding carboxylic acids is 1. The van der Waals surface area contributed by atoms with E-state index in [1.165, 1.54) is 12.1 Å². The minimum absolute atomic E-state index is 0.00466. The number of rotatable bonds is 6. The van der Waals surface area contributed by atoms with Crippen LogP contribution in [0.5, 0.6) is 5.75 Å². The summed E-state index contributed by atoms with van der Waals surface area (Å²) in [6.45, 7) is 5.66. The summed E-state index contributed by atoms with van der Waals surface area (Å²) >= 11 is 0. The maximum atomic E-state index is 12.5. The predicted molar refractivity (Wildman–Crippen MR) is 93.7 cm³/mol. The van der Waals surface area contributed by atoms with Crippen molar-refractivity contribution in [3.05, 3.63) is 54.1 Å². The number of amides is 1. The zero-order chi connectivity index (χ0) is 17.7. The SMILES string of the molecule is CCC(=O)Nc1cccc(S(=O)(=O)Oc2ccccc2C(C)C)c1. The van der Waals surface area contributed by atoms with Gasteiger partial charge in [0, 0.05) is 12.1 Å². The van der Waals surface area contributed by atoms with Gasteiger partial charge in [0.25, 0.3) is 0 Å². The molecule has 2 rings (SSSR count). The van der Waals surface area contributed by atoms with Crippen LogP contribution in [0.1, 0.15) is 38.7 Å². The quantitative estimate of drug-likeness (QED) is 0.804. The fraction of sp³-hybridized carbons (Fsp3) is 0.278. The van der Waals surface area contributed by atoms with E-state index in [1.807, 2.05) is 26.0 Å². The van der Waals surface area contributed by atoms with Gasteiger partial charge in [0.1, 0.15) is 10.6 Å². The second-order valence-electron chi connectivity index (χ2n) is 5.66. The maximum absolute atomic E-state index is 12.5. The lowest BCUT2D eigenvalue weighted by Crippen LogP contribution is -2.13. The van der Waals surface area contributed by atoms with Gasteiger partial charge >= 0.3 is 10.1 Å². The molecule has 0 fully saturated rings. The van der Waals surface area contributed by atoms with Crippen LogP contribution in [0.25, 0.3) is 0 Å². The fourth-order valence-electron chi connectivity index (χ4n) is 2.18. The van der Waals surface area contributed by atoms with E-state index >= 15 is 0 Å². The third-order valence-electron chi connectivity index (χ3n) is 3.47. The van der Waals surface area contributed by atoms with Crippen LogP contribution in [0.4, 0.5) is 5.69 Å². The number of anilines is 1. The summed E-state index contributed by atoms with van der Waals surface area (Å²) < 4.78 is 30.4. The molecule has 0 aliphatic heterocycles. The zero-order valence-electron chi connectivity index (χ0n) is 13.9. The average Bonchev–Trinajstić information content (AvgIpc) is 2.55. The van der Waals surface area contributed by atoms with Crippen molar-refractivity contribution in [2.45, 2.75) is 38.0 Å². The molecule has 0 heterocycles. The highest BCUT2D eigenvalue weighted by Crippen LogP contribution is 2.29. The maximum Gasteiger partial charge on any atom is 0.339 e. The average molecular weight is 347 g/mol. The van der Waals surface area contributed by atoms with Crippen LogP contribution in [0.15, 0.2) is 53.4 Å². The van der Waals surface area contributed by atoms with Crippen molar-refractivity contribution >= 4 is 21.7 Å². The van der Waals surface area contributed by atoms with Crippen LogP contribution in [0.3, 0.4) is 0 Å². The van der Waals surface area contributed by atoms with E-state index in [2.05, 4.69) is 5.32 Å². The van der Waals surface area contributed by atoms with Gasteiger partial charge in [-0.2, -0.15) is 8.42 Å². The molecular weight excluding hydrogens is 326 g/mol. The topological polar surface area (TPSA) is 72.5 Å². The van der Waals surface area contributed by atoms with E-state index in [1.54, 1.807) is 31.2 Å². The van der Waals surface area contributed by atoms with Crippen molar-refractivity contribution in [1.29, 1.82) is 0 Å². The van der Waals surface area contributed by atoms with Crippen molar-refractivity contribution in [2.24, 2.45) is 0 Å². The lowest BCUT2D eigenvalue weighted by molar-refractivity contribution is -0.115. The van der Waals surface area contributed by atoms with Crippen LogP contribution in [0.2, 0.25) is 0 Å². The van der Waals surface area contributed by atoms with E-state index < -0.39 is 10.1 Å². The molecule has 0 radical (unpaired) electrons. The molecule has 0 aliphatic carbocycles. The molecule has 0 aromatic heterocycles. The van der Waals surface area contributed by atoms with E-state index in [0.29, 0.717) is 17.9 Å². The second-order valence-corrected chi connectivity index (χ2v) is 7.21. The van der Waals surface area contributed by atoms with Crippen molar-refractivity contribution < 1.29 is 17.4 Å². The van der Waals surface area contributed by atoms with Gasteiger partial charge < -0.3 is 9.50 Å².